The zero-order valence-electron chi connectivity index (χ0n) is 11.3. The summed E-state index contributed by atoms with van der Waals surface area (Å²) >= 11 is 0. The molecule has 0 N–H and O–H groups in total. The summed E-state index contributed by atoms with van der Waals surface area (Å²) in [6.07, 6.45) is 1.81. The standard InChI is InChI=1S/C16H13N3O/c1-11-16(13-4-6-14(20-2)7-5-13)18-15-8-3-12(9-17)10-19(11)15/h3-8,10H,1-2H3. The Hall–Kier alpha value is -2.80. The van der Waals surface area contributed by atoms with Crippen LogP contribution in [0.2, 0.25) is 0 Å². The van der Waals surface area contributed by atoms with Gasteiger partial charge in [-0.1, -0.05) is 0 Å². The van der Waals surface area contributed by atoms with E-state index in [1.807, 2.05) is 47.9 Å². The van der Waals surface area contributed by atoms with E-state index in [-0.39, 0.29) is 0 Å². The van der Waals surface area contributed by atoms with Crippen LogP contribution < -0.4 is 4.74 Å². The highest BCUT2D eigenvalue weighted by molar-refractivity contribution is 5.67. The molecule has 98 valence electrons. The molecule has 0 fully saturated rings. The molecule has 0 unspecified atom stereocenters. The van der Waals surface area contributed by atoms with Gasteiger partial charge in [-0.05, 0) is 43.3 Å². The van der Waals surface area contributed by atoms with Crippen molar-refractivity contribution in [2.45, 2.75) is 6.92 Å². The van der Waals surface area contributed by atoms with Crippen LogP contribution in [-0.2, 0) is 0 Å². The minimum Gasteiger partial charge on any atom is -0.497 e. The molecule has 0 saturated heterocycles. The highest BCUT2D eigenvalue weighted by atomic mass is 16.5. The van der Waals surface area contributed by atoms with Crippen LogP contribution in [0.4, 0.5) is 0 Å². The predicted molar refractivity (Wildman–Crippen MR) is 76.6 cm³/mol. The first-order chi connectivity index (χ1) is 9.72. The van der Waals surface area contributed by atoms with Crippen molar-refractivity contribution in [3.63, 3.8) is 0 Å². The normalized spacial score (nSPS) is 10.4. The highest BCUT2D eigenvalue weighted by Gasteiger charge is 2.10. The summed E-state index contributed by atoms with van der Waals surface area (Å²) in [6.45, 7) is 2.00. The van der Waals surface area contributed by atoms with Crippen LogP contribution in [-0.4, -0.2) is 16.5 Å². The molecule has 4 nitrogen and oxygen atoms in total. The van der Waals surface area contributed by atoms with Gasteiger partial charge in [0.05, 0.1) is 18.4 Å². The fourth-order valence-corrected chi connectivity index (χ4v) is 2.25. The Kier molecular flexibility index (Phi) is 2.88. The average molecular weight is 263 g/mol. The summed E-state index contributed by atoms with van der Waals surface area (Å²) in [6, 6.07) is 13.6. The van der Waals surface area contributed by atoms with E-state index in [0.29, 0.717) is 5.56 Å². The Morgan fingerprint density at radius 2 is 1.90 bits per heavy atom. The van der Waals surface area contributed by atoms with E-state index >= 15 is 0 Å². The number of hydrogen-bond donors (Lipinski definition) is 0. The number of ether oxygens (including phenoxy) is 1. The van der Waals surface area contributed by atoms with Gasteiger partial charge in [-0.15, -0.1) is 0 Å². The quantitative estimate of drug-likeness (QED) is 0.713. The van der Waals surface area contributed by atoms with E-state index in [2.05, 4.69) is 11.1 Å². The summed E-state index contributed by atoms with van der Waals surface area (Å²) < 4.78 is 7.11. The molecule has 0 radical (unpaired) electrons. The lowest BCUT2D eigenvalue weighted by atomic mass is 10.1. The molecule has 3 rings (SSSR count). The number of hydrogen-bond acceptors (Lipinski definition) is 3. The Bertz CT molecular complexity index is 810. The first-order valence-electron chi connectivity index (χ1n) is 6.26. The molecule has 2 aromatic heterocycles. The number of aryl methyl sites for hydroxylation is 1. The highest BCUT2D eigenvalue weighted by Crippen LogP contribution is 2.25. The fourth-order valence-electron chi connectivity index (χ4n) is 2.25. The zero-order chi connectivity index (χ0) is 14.1. The molecule has 3 aromatic rings. The number of imidazole rings is 1. The Morgan fingerprint density at radius 1 is 1.15 bits per heavy atom. The number of nitriles is 1. The van der Waals surface area contributed by atoms with Gasteiger partial charge in [0, 0.05) is 17.5 Å². The molecule has 0 spiro atoms. The number of aromatic nitrogens is 2. The van der Waals surface area contributed by atoms with Crippen LogP contribution >= 0.6 is 0 Å². The van der Waals surface area contributed by atoms with Gasteiger partial charge in [0.15, 0.2) is 0 Å². The largest absolute Gasteiger partial charge is 0.497 e. The minimum atomic E-state index is 0.624. The van der Waals surface area contributed by atoms with Crippen LogP contribution in [0, 0.1) is 18.3 Å². The summed E-state index contributed by atoms with van der Waals surface area (Å²) in [5.41, 5.74) is 4.43. The van der Waals surface area contributed by atoms with Crippen molar-refractivity contribution >= 4 is 5.65 Å². The van der Waals surface area contributed by atoms with Gasteiger partial charge in [0.25, 0.3) is 0 Å². The fraction of sp³-hybridized carbons (Fsp3) is 0.125. The predicted octanol–water partition coefficient (Wildman–Crippen LogP) is 3.19. The van der Waals surface area contributed by atoms with Crippen molar-refractivity contribution in [1.29, 1.82) is 5.26 Å². The maximum absolute atomic E-state index is 8.97. The van der Waals surface area contributed by atoms with Crippen molar-refractivity contribution in [3.8, 4) is 23.1 Å². The van der Waals surface area contributed by atoms with Crippen molar-refractivity contribution in [2.24, 2.45) is 0 Å². The average Bonchev–Trinajstić information content (AvgIpc) is 2.84. The topological polar surface area (TPSA) is 50.3 Å². The van der Waals surface area contributed by atoms with Gasteiger partial charge >= 0.3 is 0 Å². The smallest absolute Gasteiger partial charge is 0.137 e. The SMILES string of the molecule is COc1ccc(-c2nc3ccc(C#N)cn3c2C)cc1. The van der Waals surface area contributed by atoms with Gasteiger partial charge < -0.3 is 9.14 Å². The van der Waals surface area contributed by atoms with Crippen LogP contribution in [0.15, 0.2) is 42.6 Å². The van der Waals surface area contributed by atoms with E-state index in [9.17, 15) is 0 Å². The molecule has 0 bridgehead atoms. The molecule has 0 aliphatic carbocycles. The van der Waals surface area contributed by atoms with E-state index < -0.39 is 0 Å². The van der Waals surface area contributed by atoms with Crippen molar-refractivity contribution in [2.75, 3.05) is 7.11 Å². The van der Waals surface area contributed by atoms with Gasteiger partial charge in [0.2, 0.25) is 0 Å². The summed E-state index contributed by atoms with van der Waals surface area (Å²) in [7, 11) is 1.65. The number of benzene rings is 1. The Labute approximate surface area is 116 Å². The number of rotatable bonds is 2. The lowest BCUT2D eigenvalue weighted by Crippen LogP contribution is -1.89. The lowest BCUT2D eigenvalue weighted by Gasteiger charge is -2.02. The third kappa shape index (κ3) is 1.90. The van der Waals surface area contributed by atoms with Gasteiger partial charge in [0.1, 0.15) is 17.5 Å². The van der Waals surface area contributed by atoms with E-state index in [0.717, 1.165) is 28.3 Å². The number of pyridine rings is 1. The number of fused-ring (bicyclic) bond motifs is 1. The third-order valence-corrected chi connectivity index (χ3v) is 3.35. The van der Waals surface area contributed by atoms with Crippen LogP contribution in [0.25, 0.3) is 16.9 Å². The van der Waals surface area contributed by atoms with Crippen LogP contribution in [0.5, 0.6) is 5.75 Å². The molecule has 0 amide bonds. The third-order valence-electron chi connectivity index (χ3n) is 3.35. The maximum atomic E-state index is 8.97. The van der Waals surface area contributed by atoms with E-state index in [4.69, 9.17) is 10.00 Å². The minimum absolute atomic E-state index is 0.624. The van der Waals surface area contributed by atoms with Crippen molar-refractivity contribution in [1.82, 2.24) is 9.38 Å². The first kappa shape index (κ1) is 12.2. The monoisotopic (exact) mass is 263 g/mol. The second-order valence-corrected chi connectivity index (χ2v) is 4.53. The summed E-state index contributed by atoms with van der Waals surface area (Å²) in [5.74, 6) is 0.821. The van der Waals surface area contributed by atoms with Crippen molar-refractivity contribution in [3.05, 3.63) is 53.9 Å². The van der Waals surface area contributed by atoms with Gasteiger partial charge in [-0.2, -0.15) is 5.26 Å². The van der Waals surface area contributed by atoms with E-state index in [1.165, 1.54) is 0 Å². The first-order valence-corrected chi connectivity index (χ1v) is 6.26. The number of methoxy groups -OCH3 is 1. The molecule has 0 atom stereocenters. The van der Waals surface area contributed by atoms with Crippen LogP contribution in [0.1, 0.15) is 11.3 Å². The lowest BCUT2D eigenvalue weighted by molar-refractivity contribution is 0.415. The zero-order valence-corrected chi connectivity index (χ0v) is 11.3. The maximum Gasteiger partial charge on any atom is 0.137 e. The molecule has 20 heavy (non-hydrogen) atoms. The molecule has 0 aliphatic rings. The molecule has 2 heterocycles. The van der Waals surface area contributed by atoms with Crippen LogP contribution in [0.3, 0.4) is 0 Å². The molecule has 4 heteroatoms. The molecular formula is C16H13N3O. The molecule has 0 aliphatic heterocycles. The second-order valence-electron chi connectivity index (χ2n) is 4.53. The number of nitrogens with zero attached hydrogens (tertiary/aromatic N) is 3. The molecule has 1 aromatic carbocycles. The van der Waals surface area contributed by atoms with Gasteiger partial charge in [-0.25, -0.2) is 4.98 Å². The van der Waals surface area contributed by atoms with E-state index in [1.54, 1.807) is 13.2 Å². The summed E-state index contributed by atoms with van der Waals surface area (Å²) in [4.78, 5) is 4.63. The second kappa shape index (κ2) is 4.71. The molecular weight excluding hydrogens is 250 g/mol. The molecule has 0 saturated carbocycles. The van der Waals surface area contributed by atoms with Gasteiger partial charge in [-0.3, -0.25) is 0 Å². The summed E-state index contributed by atoms with van der Waals surface area (Å²) in [5, 5.41) is 8.97. The Morgan fingerprint density at radius 3 is 2.55 bits per heavy atom. The Balaban J connectivity index is 2.16. The van der Waals surface area contributed by atoms with Crippen molar-refractivity contribution < 1.29 is 4.74 Å².